The van der Waals surface area contributed by atoms with Crippen LogP contribution in [0.3, 0.4) is 0 Å². The van der Waals surface area contributed by atoms with Gasteiger partial charge < -0.3 is 10.4 Å². The molecule has 2 N–H and O–H groups in total. The maximum atomic E-state index is 11.5. The number of nitrogens with one attached hydrogen (secondary N) is 1. The lowest BCUT2D eigenvalue weighted by atomic mass is 9.80. The van der Waals surface area contributed by atoms with E-state index >= 15 is 0 Å². The summed E-state index contributed by atoms with van der Waals surface area (Å²) in [6.07, 6.45) is 4.17. The van der Waals surface area contributed by atoms with Crippen molar-refractivity contribution in [2.45, 2.75) is 58.5 Å². The van der Waals surface area contributed by atoms with E-state index in [4.69, 9.17) is 0 Å². The van der Waals surface area contributed by atoms with Gasteiger partial charge in [0.1, 0.15) is 0 Å². The standard InChI is InChI=1S/C12H23NO2/c1-11(2,3)8-5-10(14)13-9-12(15)6-4-7-12/h15H,4-9H2,1-3H3,(H,13,14). The van der Waals surface area contributed by atoms with Crippen molar-refractivity contribution < 1.29 is 9.90 Å². The molecule has 0 aromatic heterocycles. The van der Waals surface area contributed by atoms with Crippen LogP contribution in [-0.2, 0) is 4.79 Å². The molecule has 1 rings (SSSR count). The van der Waals surface area contributed by atoms with Crippen molar-refractivity contribution in [3.8, 4) is 0 Å². The molecule has 0 radical (unpaired) electrons. The van der Waals surface area contributed by atoms with Gasteiger partial charge in [0.15, 0.2) is 0 Å². The Bertz CT molecular complexity index is 226. The van der Waals surface area contributed by atoms with Gasteiger partial charge in [-0.25, -0.2) is 0 Å². The predicted molar refractivity (Wildman–Crippen MR) is 60.5 cm³/mol. The highest BCUT2D eigenvalue weighted by Gasteiger charge is 2.34. The Labute approximate surface area is 92.3 Å². The number of carbonyl (C=O) groups is 1. The zero-order valence-corrected chi connectivity index (χ0v) is 10.1. The Morgan fingerprint density at radius 1 is 1.40 bits per heavy atom. The number of amides is 1. The summed E-state index contributed by atoms with van der Waals surface area (Å²) in [5.41, 5.74) is -0.401. The second kappa shape index (κ2) is 4.52. The summed E-state index contributed by atoms with van der Waals surface area (Å²) < 4.78 is 0. The zero-order chi connectivity index (χ0) is 11.5. The molecule has 0 unspecified atom stereocenters. The van der Waals surface area contributed by atoms with Gasteiger partial charge in [0.05, 0.1) is 5.60 Å². The summed E-state index contributed by atoms with van der Waals surface area (Å²) in [6, 6.07) is 0. The van der Waals surface area contributed by atoms with Crippen LogP contribution in [0.5, 0.6) is 0 Å². The van der Waals surface area contributed by atoms with Gasteiger partial charge in [0.2, 0.25) is 5.91 Å². The van der Waals surface area contributed by atoms with Crippen LogP contribution in [-0.4, -0.2) is 23.2 Å². The molecule has 3 heteroatoms. The average Bonchev–Trinajstić information content (AvgIpc) is 2.07. The molecule has 0 heterocycles. The maximum absolute atomic E-state index is 11.5. The van der Waals surface area contributed by atoms with Crippen LogP contribution < -0.4 is 5.32 Å². The third-order valence-corrected chi connectivity index (χ3v) is 3.00. The normalized spacial score (nSPS) is 19.5. The second-order valence-corrected chi connectivity index (χ2v) is 5.92. The van der Waals surface area contributed by atoms with Crippen molar-refractivity contribution in [3.05, 3.63) is 0 Å². The third-order valence-electron chi connectivity index (χ3n) is 3.00. The van der Waals surface area contributed by atoms with E-state index in [9.17, 15) is 9.90 Å². The molecule has 0 spiro atoms. The van der Waals surface area contributed by atoms with Crippen LogP contribution >= 0.6 is 0 Å². The predicted octanol–water partition coefficient (Wildman–Crippen LogP) is 1.84. The highest BCUT2D eigenvalue weighted by atomic mass is 16.3. The number of hydrogen-bond donors (Lipinski definition) is 2. The van der Waals surface area contributed by atoms with Crippen molar-refractivity contribution in [1.82, 2.24) is 5.32 Å². The van der Waals surface area contributed by atoms with Crippen molar-refractivity contribution in [2.75, 3.05) is 6.54 Å². The zero-order valence-electron chi connectivity index (χ0n) is 10.1. The summed E-state index contributed by atoms with van der Waals surface area (Å²) in [5, 5.41) is 12.6. The van der Waals surface area contributed by atoms with Crippen LogP contribution in [0.1, 0.15) is 52.9 Å². The second-order valence-electron chi connectivity index (χ2n) is 5.92. The van der Waals surface area contributed by atoms with Crippen molar-refractivity contribution in [1.29, 1.82) is 0 Å². The van der Waals surface area contributed by atoms with Gasteiger partial charge in [0.25, 0.3) is 0 Å². The molecular weight excluding hydrogens is 190 g/mol. The molecule has 1 saturated carbocycles. The summed E-state index contributed by atoms with van der Waals surface area (Å²) in [4.78, 5) is 11.5. The van der Waals surface area contributed by atoms with Gasteiger partial charge in [-0.3, -0.25) is 4.79 Å². The Hall–Kier alpha value is -0.570. The molecule has 1 amide bonds. The first-order valence-electron chi connectivity index (χ1n) is 5.80. The molecule has 0 saturated heterocycles. The van der Waals surface area contributed by atoms with Crippen LogP contribution in [0.15, 0.2) is 0 Å². The van der Waals surface area contributed by atoms with E-state index in [0.717, 1.165) is 25.7 Å². The number of rotatable bonds is 4. The van der Waals surface area contributed by atoms with Gasteiger partial charge in [-0.1, -0.05) is 20.8 Å². The largest absolute Gasteiger partial charge is 0.388 e. The molecule has 0 bridgehead atoms. The van der Waals surface area contributed by atoms with Crippen molar-refractivity contribution in [3.63, 3.8) is 0 Å². The molecule has 88 valence electrons. The van der Waals surface area contributed by atoms with Gasteiger partial charge in [-0.15, -0.1) is 0 Å². The lowest BCUT2D eigenvalue weighted by molar-refractivity contribution is -0.124. The van der Waals surface area contributed by atoms with E-state index in [0.29, 0.717) is 13.0 Å². The Morgan fingerprint density at radius 2 is 2.00 bits per heavy atom. The number of aliphatic hydroxyl groups is 1. The molecule has 1 aliphatic rings. The van der Waals surface area contributed by atoms with E-state index in [1.54, 1.807) is 0 Å². The fourth-order valence-corrected chi connectivity index (χ4v) is 1.60. The lowest BCUT2D eigenvalue weighted by Crippen LogP contribution is -2.47. The van der Waals surface area contributed by atoms with E-state index in [1.807, 2.05) is 0 Å². The Kier molecular flexibility index (Phi) is 3.77. The summed E-state index contributed by atoms with van der Waals surface area (Å²) in [7, 11) is 0. The maximum Gasteiger partial charge on any atom is 0.220 e. The Morgan fingerprint density at radius 3 is 2.40 bits per heavy atom. The van der Waals surface area contributed by atoms with Crippen LogP contribution in [0, 0.1) is 5.41 Å². The van der Waals surface area contributed by atoms with Crippen molar-refractivity contribution >= 4 is 5.91 Å². The first kappa shape index (κ1) is 12.5. The van der Waals surface area contributed by atoms with E-state index in [-0.39, 0.29) is 11.3 Å². The molecule has 0 aromatic carbocycles. The van der Waals surface area contributed by atoms with Gasteiger partial charge in [0, 0.05) is 13.0 Å². The van der Waals surface area contributed by atoms with Gasteiger partial charge >= 0.3 is 0 Å². The van der Waals surface area contributed by atoms with E-state index in [1.165, 1.54) is 0 Å². The number of hydrogen-bond acceptors (Lipinski definition) is 2. The first-order valence-corrected chi connectivity index (χ1v) is 5.80. The number of carbonyl (C=O) groups excluding carboxylic acids is 1. The SMILES string of the molecule is CC(C)(C)CCC(=O)NCC1(O)CCC1. The highest BCUT2D eigenvalue weighted by Crippen LogP contribution is 2.30. The minimum Gasteiger partial charge on any atom is -0.388 e. The molecule has 0 atom stereocenters. The smallest absolute Gasteiger partial charge is 0.220 e. The molecule has 1 aliphatic carbocycles. The van der Waals surface area contributed by atoms with Gasteiger partial charge in [-0.05, 0) is 31.1 Å². The minimum absolute atomic E-state index is 0.0604. The van der Waals surface area contributed by atoms with Crippen LogP contribution in [0.2, 0.25) is 0 Å². The van der Waals surface area contributed by atoms with Crippen LogP contribution in [0.4, 0.5) is 0 Å². The molecule has 0 aromatic rings. The van der Waals surface area contributed by atoms with Gasteiger partial charge in [-0.2, -0.15) is 0 Å². The fourth-order valence-electron chi connectivity index (χ4n) is 1.60. The summed E-state index contributed by atoms with van der Waals surface area (Å²) in [5.74, 6) is 0.0604. The third kappa shape index (κ3) is 4.65. The molecule has 1 fully saturated rings. The topological polar surface area (TPSA) is 49.3 Å². The minimum atomic E-state index is -0.600. The lowest BCUT2D eigenvalue weighted by Gasteiger charge is -2.36. The average molecular weight is 213 g/mol. The monoisotopic (exact) mass is 213 g/mol. The molecule has 15 heavy (non-hydrogen) atoms. The first-order chi connectivity index (χ1) is 6.81. The summed E-state index contributed by atoms with van der Waals surface area (Å²) >= 11 is 0. The molecule has 0 aliphatic heterocycles. The van der Waals surface area contributed by atoms with Crippen LogP contribution in [0.25, 0.3) is 0 Å². The van der Waals surface area contributed by atoms with E-state index < -0.39 is 5.60 Å². The quantitative estimate of drug-likeness (QED) is 0.748. The fraction of sp³-hybridized carbons (Fsp3) is 0.917. The molecule has 3 nitrogen and oxygen atoms in total. The molecular formula is C12H23NO2. The summed E-state index contributed by atoms with van der Waals surface area (Å²) in [6.45, 7) is 6.80. The highest BCUT2D eigenvalue weighted by molar-refractivity contribution is 5.75. The van der Waals surface area contributed by atoms with E-state index in [2.05, 4.69) is 26.1 Å². The Balaban J connectivity index is 2.14. The van der Waals surface area contributed by atoms with Crippen molar-refractivity contribution in [2.24, 2.45) is 5.41 Å².